The first kappa shape index (κ1) is 21.2. The van der Waals surface area contributed by atoms with Crippen molar-refractivity contribution in [3.63, 3.8) is 0 Å². The summed E-state index contributed by atoms with van der Waals surface area (Å²) >= 11 is 0. The molecule has 1 atom stereocenters. The van der Waals surface area contributed by atoms with E-state index in [1.165, 1.54) is 0 Å². The largest absolute Gasteiger partial charge is 0.384 e. The van der Waals surface area contributed by atoms with Gasteiger partial charge in [0.25, 0.3) is 0 Å². The van der Waals surface area contributed by atoms with Gasteiger partial charge in [0, 0.05) is 55.9 Å². The Morgan fingerprint density at radius 2 is 2.00 bits per heavy atom. The molecule has 2 aromatic carbocycles. The van der Waals surface area contributed by atoms with Gasteiger partial charge in [0.2, 0.25) is 0 Å². The molecule has 0 spiro atoms. The molecule has 0 saturated heterocycles. The van der Waals surface area contributed by atoms with E-state index in [2.05, 4.69) is 21.4 Å². The molecule has 1 aliphatic heterocycles. The van der Waals surface area contributed by atoms with Gasteiger partial charge in [0.1, 0.15) is 11.3 Å². The summed E-state index contributed by atoms with van der Waals surface area (Å²) in [6.07, 6.45) is 2.58. The van der Waals surface area contributed by atoms with Gasteiger partial charge in [-0.15, -0.1) is 5.10 Å². The summed E-state index contributed by atoms with van der Waals surface area (Å²) in [5.74, 6) is 0.200. The average molecular weight is 440 g/mol. The summed E-state index contributed by atoms with van der Waals surface area (Å²) in [5.41, 5.74) is 7.77. The van der Waals surface area contributed by atoms with Crippen LogP contribution < -0.4 is 0 Å². The lowest BCUT2D eigenvalue weighted by Crippen LogP contribution is -2.14. The number of nitrogens with zero attached hydrogens (tertiary/aromatic N) is 5. The minimum absolute atomic E-state index is 0.0458. The van der Waals surface area contributed by atoms with Crippen LogP contribution in [-0.4, -0.2) is 45.2 Å². The molecule has 7 heteroatoms. The van der Waals surface area contributed by atoms with Gasteiger partial charge in [-0.25, -0.2) is 4.68 Å². The van der Waals surface area contributed by atoms with Crippen LogP contribution in [0.2, 0.25) is 0 Å². The van der Waals surface area contributed by atoms with E-state index in [1.54, 1.807) is 11.8 Å². The molecule has 0 saturated carbocycles. The van der Waals surface area contributed by atoms with Crippen LogP contribution in [0, 0.1) is 0 Å². The third-order valence-electron chi connectivity index (χ3n) is 6.08. The minimum atomic E-state index is 0.0458. The fraction of sp³-hybridized carbons (Fsp3) is 0.269. The van der Waals surface area contributed by atoms with Gasteiger partial charge in [-0.3, -0.25) is 14.8 Å². The number of methoxy groups -OCH3 is 1. The Balaban J connectivity index is 1.31. The van der Waals surface area contributed by atoms with Gasteiger partial charge >= 0.3 is 0 Å². The van der Waals surface area contributed by atoms with E-state index in [0.29, 0.717) is 26.0 Å². The van der Waals surface area contributed by atoms with Crippen LogP contribution in [0.4, 0.5) is 0 Å². The smallest absolute Gasteiger partial charge is 0.139 e. The van der Waals surface area contributed by atoms with Crippen LogP contribution in [0.25, 0.3) is 11.0 Å². The number of aryl methyl sites for hydroxylation is 1. The molecular formula is C26H25N5O2. The van der Waals surface area contributed by atoms with Gasteiger partial charge in [-0.1, -0.05) is 41.6 Å². The predicted octanol–water partition coefficient (Wildman–Crippen LogP) is 3.65. The lowest BCUT2D eigenvalue weighted by atomic mass is 9.93. The highest BCUT2D eigenvalue weighted by Gasteiger charge is 2.21. The van der Waals surface area contributed by atoms with Gasteiger partial charge in [-0.2, -0.15) is 0 Å². The minimum Gasteiger partial charge on any atom is -0.384 e. The maximum Gasteiger partial charge on any atom is 0.139 e. The third kappa shape index (κ3) is 4.32. The molecule has 4 aromatic rings. The van der Waals surface area contributed by atoms with Gasteiger partial charge in [-0.05, 0) is 29.3 Å². The summed E-state index contributed by atoms with van der Waals surface area (Å²) in [4.78, 5) is 22.2. The number of carbonyl (C=O) groups excluding carboxylic acids is 1. The number of benzene rings is 2. The lowest BCUT2D eigenvalue weighted by molar-refractivity contribution is -0.119. The van der Waals surface area contributed by atoms with Crippen molar-refractivity contribution in [3.05, 3.63) is 88.7 Å². The van der Waals surface area contributed by atoms with E-state index >= 15 is 0 Å². The molecule has 1 aliphatic rings. The molecule has 33 heavy (non-hydrogen) atoms. The van der Waals surface area contributed by atoms with Crippen molar-refractivity contribution in [2.24, 2.45) is 12.0 Å². The molecule has 0 amide bonds. The number of rotatable bonds is 8. The van der Waals surface area contributed by atoms with Crippen LogP contribution in [0.1, 0.15) is 40.3 Å². The van der Waals surface area contributed by atoms with Crippen molar-refractivity contribution < 1.29 is 9.53 Å². The van der Waals surface area contributed by atoms with E-state index < -0.39 is 0 Å². The second kappa shape index (κ2) is 9.03. The molecule has 0 fully saturated rings. The summed E-state index contributed by atoms with van der Waals surface area (Å²) in [7, 11) is 3.55. The average Bonchev–Trinajstić information content (AvgIpc) is 3.42. The molecule has 0 N–H and O–H groups in total. The van der Waals surface area contributed by atoms with Crippen LogP contribution >= 0.6 is 0 Å². The van der Waals surface area contributed by atoms with Crippen LogP contribution in [0.15, 0.2) is 65.8 Å². The highest BCUT2D eigenvalue weighted by molar-refractivity contribution is 6.15. The first-order valence-electron chi connectivity index (χ1n) is 11.0. The first-order chi connectivity index (χ1) is 16.1. The Hall–Kier alpha value is -3.71. The molecular weight excluding hydrogens is 414 g/mol. The Bertz CT molecular complexity index is 1340. The van der Waals surface area contributed by atoms with Crippen LogP contribution in [-0.2, 0) is 29.5 Å². The fourth-order valence-electron chi connectivity index (χ4n) is 4.41. The summed E-state index contributed by atoms with van der Waals surface area (Å²) in [6, 6.07) is 18.1. The van der Waals surface area contributed by atoms with Gasteiger partial charge in [0.05, 0.1) is 24.4 Å². The summed E-state index contributed by atoms with van der Waals surface area (Å²) in [5, 5.41) is 8.21. The van der Waals surface area contributed by atoms with Crippen molar-refractivity contribution in [2.45, 2.75) is 25.3 Å². The molecule has 0 bridgehead atoms. The normalized spacial score (nSPS) is 13.7. The zero-order valence-electron chi connectivity index (χ0n) is 18.7. The number of ketones is 1. The fourth-order valence-corrected chi connectivity index (χ4v) is 4.41. The Labute approximate surface area is 192 Å². The summed E-state index contributed by atoms with van der Waals surface area (Å²) < 4.78 is 7.12. The number of hydrogen-bond acceptors (Lipinski definition) is 6. The zero-order chi connectivity index (χ0) is 22.8. The van der Waals surface area contributed by atoms with Crippen molar-refractivity contribution in [1.29, 1.82) is 0 Å². The topological polar surface area (TPSA) is 82.3 Å². The van der Waals surface area contributed by atoms with Crippen molar-refractivity contribution in [1.82, 2.24) is 20.0 Å². The Morgan fingerprint density at radius 3 is 2.82 bits per heavy atom. The maximum atomic E-state index is 12.8. The first-order valence-corrected chi connectivity index (χ1v) is 11.0. The highest BCUT2D eigenvalue weighted by Crippen LogP contribution is 2.26. The third-order valence-corrected chi connectivity index (χ3v) is 6.08. The number of aromatic nitrogens is 4. The summed E-state index contributed by atoms with van der Waals surface area (Å²) in [6.45, 7) is 1.10. The highest BCUT2D eigenvalue weighted by atomic mass is 16.5. The van der Waals surface area contributed by atoms with E-state index in [-0.39, 0.29) is 11.7 Å². The number of ether oxygens (including phenoxy) is 1. The molecule has 0 unspecified atom stereocenters. The number of aliphatic imine (C=N–C) groups is 1. The predicted molar refractivity (Wildman–Crippen MR) is 126 cm³/mol. The number of carbonyl (C=O) groups is 1. The van der Waals surface area contributed by atoms with Crippen molar-refractivity contribution >= 4 is 22.5 Å². The lowest BCUT2D eigenvalue weighted by Gasteiger charge is -2.15. The van der Waals surface area contributed by atoms with Crippen LogP contribution in [0.3, 0.4) is 0 Å². The molecule has 166 valence electrons. The van der Waals surface area contributed by atoms with Crippen LogP contribution in [0.5, 0.6) is 0 Å². The standard InChI is InChI=1S/C26H25N5O2/c1-31-25-12-18(8-9-24(25)29-30-31)26-23-15-27-21(10-19(23)14-28-26)13-22(32)11-20(16-33-2)17-6-4-3-5-7-17/h3-10,12,15,20H,11,13-14,16H2,1-2H3/t20-/m1/s1. The van der Waals surface area contributed by atoms with E-state index in [1.807, 2.05) is 61.8 Å². The molecule has 3 heterocycles. The molecule has 0 radical (unpaired) electrons. The SMILES string of the molecule is COC[C@@H](CC(=O)Cc1cc2c(cn1)C(c1ccc3nnn(C)c3c1)=NC2)c1ccccc1. The van der Waals surface area contributed by atoms with E-state index in [9.17, 15) is 4.79 Å². The molecule has 7 nitrogen and oxygen atoms in total. The second-order valence-corrected chi connectivity index (χ2v) is 8.40. The second-order valence-electron chi connectivity index (χ2n) is 8.40. The van der Waals surface area contributed by atoms with Crippen molar-refractivity contribution in [2.75, 3.05) is 13.7 Å². The molecule has 5 rings (SSSR count). The number of Topliss-reactive ketones (excluding diaryl/α,β-unsaturated/α-hetero) is 1. The quantitative estimate of drug-likeness (QED) is 0.419. The Kier molecular flexibility index (Phi) is 5.79. The van der Waals surface area contributed by atoms with Crippen molar-refractivity contribution in [3.8, 4) is 0 Å². The number of fused-ring (bicyclic) bond motifs is 2. The monoisotopic (exact) mass is 439 g/mol. The number of pyridine rings is 1. The number of hydrogen-bond donors (Lipinski definition) is 0. The van der Waals surface area contributed by atoms with E-state index in [4.69, 9.17) is 9.73 Å². The van der Waals surface area contributed by atoms with Gasteiger partial charge in [0.15, 0.2) is 0 Å². The van der Waals surface area contributed by atoms with Gasteiger partial charge < -0.3 is 4.74 Å². The Morgan fingerprint density at radius 1 is 1.15 bits per heavy atom. The molecule has 0 aliphatic carbocycles. The van der Waals surface area contributed by atoms with E-state index in [0.717, 1.165) is 44.7 Å². The maximum absolute atomic E-state index is 12.8. The molecule has 2 aromatic heterocycles. The zero-order valence-corrected chi connectivity index (χ0v) is 18.7.